The number of hydrogen-bond acceptors (Lipinski definition) is 4. The third kappa shape index (κ3) is 5.54. The molecule has 0 aliphatic carbocycles. The van der Waals surface area contributed by atoms with Gasteiger partial charge in [-0.05, 0) is 41.8 Å². The Bertz CT molecular complexity index is 1310. The van der Waals surface area contributed by atoms with E-state index in [0.717, 1.165) is 18.7 Å². The second-order valence-corrected chi connectivity index (χ2v) is 11.0. The van der Waals surface area contributed by atoms with E-state index in [0.29, 0.717) is 12.2 Å². The van der Waals surface area contributed by atoms with Gasteiger partial charge in [0.25, 0.3) is 5.43 Å². The van der Waals surface area contributed by atoms with Gasteiger partial charge in [0, 0.05) is 23.3 Å². The maximum atomic E-state index is 12.5. The molecule has 0 fully saturated rings. The summed E-state index contributed by atoms with van der Waals surface area (Å²) in [5.41, 5.74) is 2.74. The van der Waals surface area contributed by atoms with Gasteiger partial charge < -0.3 is 9.64 Å². The summed E-state index contributed by atoms with van der Waals surface area (Å²) in [5.74, 6) is 0.218. The molecule has 198 valence electrons. The predicted octanol–water partition coefficient (Wildman–Crippen LogP) is 7.89. The van der Waals surface area contributed by atoms with E-state index in [-0.39, 0.29) is 11.2 Å². The molecule has 0 unspecified atom stereocenters. The van der Waals surface area contributed by atoms with Crippen molar-refractivity contribution in [3.05, 3.63) is 73.7 Å². The van der Waals surface area contributed by atoms with E-state index in [1.54, 1.807) is 0 Å². The van der Waals surface area contributed by atoms with Crippen LogP contribution in [0.4, 0.5) is 5.69 Å². The molecule has 0 aromatic heterocycles. The SMILES string of the molecule is CCCCCCCCCCCCN1/C(=C/c2c(OCC)c(=O)c2=O)C(C)(C)c2c1ccc1ccccc21. The fourth-order valence-corrected chi connectivity index (χ4v) is 5.94. The molecular formula is C33H43NO3. The summed E-state index contributed by atoms with van der Waals surface area (Å²) in [5, 5.41) is 2.47. The Morgan fingerprint density at radius 2 is 1.46 bits per heavy atom. The molecule has 0 saturated heterocycles. The van der Waals surface area contributed by atoms with E-state index in [1.165, 1.54) is 79.8 Å². The van der Waals surface area contributed by atoms with Crippen LogP contribution in [0.1, 0.15) is 103 Å². The Hall–Kier alpha value is -2.88. The molecule has 4 heteroatoms. The fraction of sp³-hybridized carbons (Fsp3) is 0.515. The van der Waals surface area contributed by atoms with Crippen LogP contribution in [0.2, 0.25) is 0 Å². The quantitative estimate of drug-likeness (QED) is 0.166. The molecule has 0 spiro atoms. The van der Waals surface area contributed by atoms with Crippen LogP contribution in [-0.4, -0.2) is 13.2 Å². The highest BCUT2D eigenvalue weighted by molar-refractivity contribution is 5.95. The number of allylic oxidation sites excluding steroid dienone is 1. The van der Waals surface area contributed by atoms with Gasteiger partial charge in [-0.15, -0.1) is 0 Å². The number of rotatable bonds is 14. The maximum Gasteiger partial charge on any atom is 0.268 e. The van der Waals surface area contributed by atoms with Gasteiger partial charge in [0.05, 0.1) is 12.2 Å². The molecular weight excluding hydrogens is 458 g/mol. The zero-order chi connectivity index (χ0) is 26.4. The average Bonchev–Trinajstić information content (AvgIpc) is 3.12. The minimum Gasteiger partial charge on any atom is -0.489 e. The molecule has 1 aliphatic rings. The largest absolute Gasteiger partial charge is 0.489 e. The first kappa shape index (κ1) is 27.2. The maximum absolute atomic E-state index is 12.5. The number of ether oxygens (including phenoxy) is 1. The van der Waals surface area contributed by atoms with Crippen molar-refractivity contribution in [1.29, 1.82) is 0 Å². The summed E-state index contributed by atoms with van der Waals surface area (Å²) in [4.78, 5) is 27.1. The van der Waals surface area contributed by atoms with Gasteiger partial charge in [-0.2, -0.15) is 0 Å². The van der Waals surface area contributed by atoms with Crippen molar-refractivity contribution in [2.45, 2.75) is 97.3 Å². The number of nitrogens with zero attached hydrogens (tertiary/aromatic N) is 1. The van der Waals surface area contributed by atoms with Gasteiger partial charge in [-0.25, -0.2) is 0 Å². The Morgan fingerprint density at radius 3 is 2.14 bits per heavy atom. The van der Waals surface area contributed by atoms with Gasteiger partial charge in [0.15, 0.2) is 5.75 Å². The lowest BCUT2D eigenvalue weighted by Gasteiger charge is -2.28. The summed E-state index contributed by atoms with van der Waals surface area (Å²) in [6.45, 7) is 9.84. The number of unbranched alkanes of at least 4 members (excludes halogenated alkanes) is 9. The van der Waals surface area contributed by atoms with Crippen LogP contribution in [0, 0.1) is 0 Å². The second-order valence-electron chi connectivity index (χ2n) is 11.0. The minimum absolute atomic E-state index is 0.218. The number of fused-ring (bicyclic) bond motifs is 3. The Kier molecular flexibility index (Phi) is 8.89. The molecule has 0 saturated carbocycles. The second kappa shape index (κ2) is 12.1. The monoisotopic (exact) mass is 501 g/mol. The molecule has 37 heavy (non-hydrogen) atoms. The highest BCUT2D eigenvalue weighted by Crippen LogP contribution is 2.51. The molecule has 1 heterocycles. The molecule has 0 bridgehead atoms. The summed E-state index contributed by atoms with van der Waals surface area (Å²) < 4.78 is 5.55. The van der Waals surface area contributed by atoms with Crippen LogP contribution in [0.25, 0.3) is 16.8 Å². The van der Waals surface area contributed by atoms with Gasteiger partial charge in [-0.1, -0.05) is 109 Å². The van der Waals surface area contributed by atoms with Crippen molar-refractivity contribution in [1.82, 2.24) is 0 Å². The van der Waals surface area contributed by atoms with E-state index in [9.17, 15) is 9.59 Å². The predicted molar refractivity (Wildman–Crippen MR) is 157 cm³/mol. The van der Waals surface area contributed by atoms with E-state index in [2.05, 4.69) is 62.1 Å². The van der Waals surface area contributed by atoms with Crippen molar-refractivity contribution in [2.24, 2.45) is 0 Å². The molecule has 0 atom stereocenters. The van der Waals surface area contributed by atoms with E-state index < -0.39 is 10.9 Å². The van der Waals surface area contributed by atoms with E-state index in [4.69, 9.17) is 4.74 Å². The lowest BCUT2D eigenvalue weighted by molar-refractivity contribution is 0.332. The van der Waals surface area contributed by atoms with Crippen LogP contribution >= 0.6 is 0 Å². The van der Waals surface area contributed by atoms with Crippen LogP contribution in [0.3, 0.4) is 0 Å². The third-order valence-electron chi connectivity index (χ3n) is 7.96. The zero-order valence-corrected chi connectivity index (χ0v) is 23.2. The minimum atomic E-state index is -0.506. The first-order chi connectivity index (χ1) is 17.9. The molecule has 3 aromatic rings. The van der Waals surface area contributed by atoms with Crippen molar-refractivity contribution >= 4 is 22.5 Å². The molecule has 4 rings (SSSR count). The van der Waals surface area contributed by atoms with Crippen LogP contribution < -0.4 is 20.5 Å². The summed E-state index contributed by atoms with van der Waals surface area (Å²) in [7, 11) is 0. The highest BCUT2D eigenvalue weighted by atomic mass is 16.5. The van der Waals surface area contributed by atoms with Gasteiger partial charge in [0.1, 0.15) is 0 Å². The summed E-state index contributed by atoms with van der Waals surface area (Å²) in [6, 6.07) is 12.9. The molecule has 4 nitrogen and oxygen atoms in total. The molecule has 0 N–H and O–H groups in total. The Labute approximate surface area is 222 Å². The normalized spacial score (nSPS) is 15.7. The average molecular weight is 502 g/mol. The molecule has 0 amide bonds. The fourth-order valence-electron chi connectivity index (χ4n) is 5.94. The number of benzene rings is 2. The van der Waals surface area contributed by atoms with Gasteiger partial charge in [0.2, 0.25) is 5.43 Å². The molecule has 3 aromatic carbocycles. The number of anilines is 1. The summed E-state index contributed by atoms with van der Waals surface area (Å²) >= 11 is 0. The Balaban J connectivity index is 1.55. The molecule has 1 aliphatic heterocycles. The van der Waals surface area contributed by atoms with Crippen molar-refractivity contribution in [3.8, 4) is 5.75 Å². The van der Waals surface area contributed by atoms with Crippen molar-refractivity contribution in [2.75, 3.05) is 18.1 Å². The molecule has 0 radical (unpaired) electrons. The van der Waals surface area contributed by atoms with Gasteiger partial charge in [-0.3, -0.25) is 9.59 Å². The zero-order valence-electron chi connectivity index (χ0n) is 23.2. The van der Waals surface area contributed by atoms with Crippen LogP contribution in [0.15, 0.2) is 51.7 Å². The standard InChI is InChI=1S/C33H43NO3/c1-5-7-8-9-10-11-12-13-14-17-22-34-27-21-20-24-18-15-16-19-25(24)29(27)33(3,4)28(34)23-26-30(35)31(36)32(26)37-6-2/h15-16,18-21,23H,5-14,17,22H2,1-4H3/b28-23+. The van der Waals surface area contributed by atoms with Crippen LogP contribution in [0.5, 0.6) is 5.75 Å². The lowest BCUT2D eigenvalue weighted by Crippen LogP contribution is -2.36. The first-order valence-electron chi connectivity index (χ1n) is 14.4. The topological polar surface area (TPSA) is 46.6 Å². The summed E-state index contributed by atoms with van der Waals surface area (Å²) in [6.07, 6.45) is 14.9. The van der Waals surface area contributed by atoms with Crippen LogP contribution in [-0.2, 0) is 5.41 Å². The highest BCUT2D eigenvalue weighted by Gasteiger charge is 2.41. The first-order valence-corrected chi connectivity index (χ1v) is 14.4. The van der Waals surface area contributed by atoms with E-state index >= 15 is 0 Å². The van der Waals surface area contributed by atoms with E-state index in [1.807, 2.05) is 13.0 Å². The lowest BCUT2D eigenvalue weighted by atomic mass is 9.80. The number of hydrogen-bond donors (Lipinski definition) is 0. The third-order valence-corrected chi connectivity index (χ3v) is 7.96. The van der Waals surface area contributed by atoms with Crippen molar-refractivity contribution < 1.29 is 4.74 Å². The smallest absolute Gasteiger partial charge is 0.268 e. The van der Waals surface area contributed by atoms with Gasteiger partial charge >= 0.3 is 0 Å². The van der Waals surface area contributed by atoms with Crippen molar-refractivity contribution in [3.63, 3.8) is 0 Å². The Morgan fingerprint density at radius 1 is 0.811 bits per heavy atom.